The highest BCUT2D eigenvalue weighted by molar-refractivity contribution is 5.91. The van der Waals surface area contributed by atoms with Crippen LogP contribution in [-0.2, 0) is 19.1 Å². The van der Waals surface area contributed by atoms with Crippen LogP contribution in [0.4, 0.5) is 0 Å². The number of esters is 2. The maximum absolute atomic E-state index is 11.3. The molecule has 4 nitrogen and oxygen atoms in total. The van der Waals surface area contributed by atoms with Gasteiger partial charge < -0.3 is 9.47 Å². The molecule has 0 spiro atoms. The highest BCUT2D eigenvalue weighted by Crippen LogP contribution is 2.13. The van der Waals surface area contributed by atoms with E-state index < -0.39 is 11.9 Å². The van der Waals surface area contributed by atoms with Gasteiger partial charge in [0.2, 0.25) is 0 Å². The zero-order valence-corrected chi connectivity index (χ0v) is 17.8. The van der Waals surface area contributed by atoms with Crippen molar-refractivity contribution in [1.29, 1.82) is 0 Å². The van der Waals surface area contributed by atoms with Gasteiger partial charge in [-0.2, -0.15) is 0 Å². The summed E-state index contributed by atoms with van der Waals surface area (Å²) in [6, 6.07) is 0. The average molecular weight is 383 g/mol. The van der Waals surface area contributed by atoms with E-state index in [1.165, 1.54) is 97.0 Å². The standard InChI is InChI=1S/C23H42O4/c1-3-4-5-6-7-8-9-10-11-12-13-14-15-16-17-18-21-27-23(25)20-19-22(24)26-2/h19-20H,3-18,21H2,1-2H3. The minimum atomic E-state index is -0.547. The first kappa shape index (κ1) is 25.7. The quantitative estimate of drug-likeness (QED) is 0.145. The molecule has 0 bridgehead atoms. The van der Waals surface area contributed by atoms with E-state index in [0.29, 0.717) is 6.61 Å². The molecule has 0 saturated carbocycles. The molecule has 0 aromatic rings. The summed E-state index contributed by atoms with van der Waals surface area (Å²) in [5.41, 5.74) is 0. The molecule has 0 radical (unpaired) electrons. The largest absolute Gasteiger partial charge is 0.466 e. The fourth-order valence-corrected chi connectivity index (χ4v) is 3.08. The van der Waals surface area contributed by atoms with Crippen LogP contribution in [0.3, 0.4) is 0 Å². The average Bonchev–Trinajstić information content (AvgIpc) is 2.68. The van der Waals surface area contributed by atoms with Crippen molar-refractivity contribution >= 4 is 11.9 Å². The van der Waals surface area contributed by atoms with Crippen LogP contribution in [-0.4, -0.2) is 25.7 Å². The number of hydrogen-bond donors (Lipinski definition) is 0. The van der Waals surface area contributed by atoms with Crippen LogP contribution in [0.2, 0.25) is 0 Å². The van der Waals surface area contributed by atoms with E-state index in [1.807, 2.05) is 0 Å². The van der Waals surface area contributed by atoms with E-state index in [1.54, 1.807) is 0 Å². The maximum Gasteiger partial charge on any atom is 0.331 e. The van der Waals surface area contributed by atoms with E-state index in [-0.39, 0.29) is 0 Å². The van der Waals surface area contributed by atoms with Crippen LogP contribution in [0.15, 0.2) is 12.2 Å². The van der Waals surface area contributed by atoms with Gasteiger partial charge in [0.15, 0.2) is 0 Å². The molecular formula is C23H42O4. The Kier molecular flexibility index (Phi) is 20.0. The summed E-state index contributed by atoms with van der Waals surface area (Å²) >= 11 is 0. The fourth-order valence-electron chi connectivity index (χ4n) is 3.08. The van der Waals surface area contributed by atoms with E-state index in [0.717, 1.165) is 25.0 Å². The second-order valence-corrected chi connectivity index (χ2v) is 7.33. The smallest absolute Gasteiger partial charge is 0.331 e. The van der Waals surface area contributed by atoms with Crippen molar-refractivity contribution in [2.24, 2.45) is 0 Å². The van der Waals surface area contributed by atoms with E-state index in [4.69, 9.17) is 4.74 Å². The fraction of sp³-hybridized carbons (Fsp3) is 0.826. The molecule has 0 aliphatic heterocycles. The van der Waals surface area contributed by atoms with E-state index in [9.17, 15) is 9.59 Å². The highest BCUT2D eigenvalue weighted by atomic mass is 16.5. The first-order valence-corrected chi connectivity index (χ1v) is 11.1. The number of unbranched alkanes of at least 4 members (excludes halogenated alkanes) is 15. The minimum absolute atomic E-state index is 0.419. The maximum atomic E-state index is 11.3. The molecule has 0 aromatic heterocycles. The van der Waals surface area contributed by atoms with E-state index in [2.05, 4.69) is 11.7 Å². The van der Waals surface area contributed by atoms with Crippen LogP contribution in [0, 0.1) is 0 Å². The third-order valence-electron chi connectivity index (χ3n) is 4.80. The number of methoxy groups -OCH3 is 1. The van der Waals surface area contributed by atoms with E-state index >= 15 is 0 Å². The molecular weight excluding hydrogens is 340 g/mol. The van der Waals surface area contributed by atoms with Crippen LogP contribution < -0.4 is 0 Å². The molecule has 0 aromatic carbocycles. The number of ether oxygens (including phenoxy) is 2. The molecule has 0 amide bonds. The van der Waals surface area contributed by atoms with Gasteiger partial charge in [0.1, 0.15) is 0 Å². The van der Waals surface area contributed by atoms with Crippen molar-refractivity contribution in [3.8, 4) is 0 Å². The second-order valence-electron chi connectivity index (χ2n) is 7.33. The molecule has 0 aliphatic rings. The predicted molar refractivity (Wildman–Crippen MR) is 112 cm³/mol. The molecule has 4 heteroatoms. The summed E-state index contributed by atoms with van der Waals surface area (Å²) in [5, 5.41) is 0. The number of carbonyl (C=O) groups excluding carboxylic acids is 2. The van der Waals surface area contributed by atoms with Gasteiger partial charge in [0.25, 0.3) is 0 Å². The van der Waals surface area contributed by atoms with Crippen molar-refractivity contribution in [3.05, 3.63) is 12.2 Å². The summed E-state index contributed by atoms with van der Waals surface area (Å²) in [7, 11) is 1.27. The Balaban J connectivity index is 3.18. The Hall–Kier alpha value is -1.32. The predicted octanol–water partition coefficient (Wildman–Crippen LogP) is 6.52. The third-order valence-corrected chi connectivity index (χ3v) is 4.80. The molecule has 0 aliphatic carbocycles. The first-order valence-electron chi connectivity index (χ1n) is 11.1. The van der Waals surface area contributed by atoms with Gasteiger partial charge in [0.05, 0.1) is 13.7 Å². The van der Waals surface area contributed by atoms with Crippen molar-refractivity contribution < 1.29 is 19.1 Å². The summed E-state index contributed by atoms with van der Waals surface area (Å²) < 4.78 is 9.43. The van der Waals surface area contributed by atoms with Crippen LogP contribution in [0.5, 0.6) is 0 Å². The van der Waals surface area contributed by atoms with Crippen molar-refractivity contribution in [3.63, 3.8) is 0 Å². The summed E-state index contributed by atoms with van der Waals surface area (Å²) in [6.45, 7) is 2.69. The second kappa shape index (κ2) is 21.0. The molecule has 27 heavy (non-hydrogen) atoms. The topological polar surface area (TPSA) is 52.6 Å². The molecule has 0 unspecified atom stereocenters. The van der Waals surface area contributed by atoms with Gasteiger partial charge >= 0.3 is 11.9 Å². The lowest BCUT2D eigenvalue weighted by atomic mass is 10.0. The van der Waals surface area contributed by atoms with Gasteiger partial charge in [0, 0.05) is 12.2 Å². The molecule has 0 fully saturated rings. The Bertz CT molecular complexity index is 377. The molecule has 0 atom stereocenters. The van der Waals surface area contributed by atoms with Gasteiger partial charge in [-0.3, -0.25) is 0 Å². The Morgan fingerprint density at radius 3 is 1.37 bits per heavy atom. The molecule has 0 N–H and O–H groups in total. The van der Waals surface area contributed by atoms with Gasteiger partial charge in [-0.25, -0.2) is 9.59 Å². The number of hydrogen-bond acceptors (Lipinski definition) is 4. The Morgan fingerprint density at radius 2 is 0.963 bits per heavy atom. The summed E-state index contributed by atoms with van der Waals surface area (Å²) in [4.78, 5) is 22.1. The summed E-state index contributed by atoms with van der Waals surface area (Å²) in [6.07, 6.45) is 23.3. The number of carbonyl (C=O) groups is 2. The number of rotatable bonds is 19. The normalized spacial score (nSPS) is 11.0. The molecule has 0 heterocycles. The molecule has 0 saturated heterocycles. The zero-order chi connectivity index (χ0) is 20.0. The minimum Gasteiger partial charge on any atom is -0.466 e. The van der Waals surface area contributed by atoms with Crippen molar-refractivity contribution in [2.75, 3.05) is 13.7 Å². The lowest BCUT2D eigenvalue weighted by Gasteiger charge is -2.04. The zero-order valence-electron chi connectivity index (χ0n) is 17.8. The lowest BCUT2D eigenvalue weighted by molar-refractivity contribution is -0.139. The Labute approximate surface area is 167 Å². The molecule has 0 rings (SSSR count). The summed E-state index contributed by atoms with van der Waals surface area (Å²) in [5.74, 6) is -1.03. The third kappa shape index (κ3) is 20.8. The first-order chi connectivity index (χ1) is 13.2. The highest BCUT2D eigenvalue weighted by Gasteiger charge is 1.99. The molecule has 158 valence electrons. The van der Waals surface area contributed by atoms with Gasteiger partial charge in [-0.15, -0.1) is 0 Å². The van der Waals surface area contributed by atoms with Crippen LogP contribution in [0.25, 0.3) is 0 Å². The van der Waals surface area contributed by atoms with Crippen LogP contribution in [0.1, 0.15) is 110 Å². The van der Waals surface area contributed by atoms with Crippen molar-refractivity contribution in [1.82, 2.24) is 0 Å². The SMILES string of the molecule is CCCCCCCCCCCCCCCCCCOC(=O)C=CC(=O)OC. The van der Waals surface area contributed by atoms with Gasteiger partial charge in [-0.1, -0.05) is 103 Å². The lowest BCUT2D eigenvalue weighted by Crippen LogP contribution is -2.04. The monoisotopic (exact) mass is 382 g/mol. The Morgan fingerprint density at radius 1 is 0.593 bits per heavy atom. The van der Waals surface area contributed by atoms with Crippen LogP contribution >= 0.6 is 0 Å². The van der Waals surface area contributed by atoms with Gasteiger partial charge in [-0.05, 0) is 6.42 Å². The van der Waals surface area contributed by atoms with Crippen molar-refractivity contribution in [2.45, 2.75) is 110 Å².